The lowest BCUT2D eigenvalue weighted by atomic mass is 10.2. The molecule has 8 heteroatoms. The van der Waals surface area contributed by atoms with Crippen LogP contribution in [0.4, 0.5) is 0 Å². The molecule has 0 fully saturated rings. The summed E-state index contributed by atoms with van der Waals surface area (Å²) in [4.78, 5) is 11.4. The predicted octanol–water partition coefficient (Wildman–Crippen LogP) is -0.211. The summed E-state index contributed by atoms with van der Waals surface area (Å²) in [5.41, 5.74) is 0. The van der Waals surface area contributed by atoms with Gasteiger partial charge in [0, 0.05) is 6.54 Å². The number of primary sulfonamides is 1. The van der Waals surface area contributed by atoms with Crippen molar-refractivity contribution in [1.29, 1.82) is 0 Å². The molecule has 108 valence electrons. The zero-order valence-electron chi connectivity index (χ0n) is 11.0. The van der Waals surface area contributed by atoms with Crippen LogP contribution in [-0.2, 0) is 21.4 Å². The Bertz CT molecular complexity index is 522. The molecule has 0 spiro atoms. The topological polar surface area (TPSA) is 114 Å². The van der Waals surface area contributed by atoms with Crippen LogP contribution in [0.1, 0.15) is 19.6 Å². The van der Waals surface area contributed by atoms with Gasteiger partial charge in [-0.25, -0.2) is 13.6 Å². The number of nitrogens with one attached hydrogen (secondary N) is 2. The Morgan fingerprint density at radius 1 is 1.42 bits per heavy atom. The van der Waals surface area contributed by atoms with Crippen LogP contribution in [0.2, 0.25) is 0 Å². The van der Waals surface area contributed by atoms with Gasteiger partial charge in [0.1, 0.15) is 5.76 Å². The fraction of sp³-hybridized carbons (Fsp3) is 0.545. The van der Waals surface area contributed by atoms with Gasteiger partial charge in [-0.1, -0.05) is 13.8 Å². The third-order valence-electron chi connectivity index (χ3n) is 2.21. The molecule has 0 saturated heterocycles. The van der Waals surface area contributed by atoms with Gasteiger partial charge in [0.2, 0.25) is 11.0 Å². The van der Waals surface area contributed by atoms with E-state index in [2.05, 4.69) is 10.6 Å². The van der Waals surface area contributed by atoms with Crippen LogP contribution in [-0.4, -0.2) is 27.4 Å². The molecule has 0 aromatic carbocycles. The van der Waals surface area contributed by atoms with Gasteiger partial charge in [-0.15, -0.1) is 0 Å². The third kappa shape index (κ3) is 5.86. The highest BCUT2D eigenvalue weighted by molar-refractivity contribution is 7.89. The molecule has 1 heterocycles. The quantitative estimate of drug-likeness (QED) is 0.642. The Balaban J connectivity index is 2.34. The van der Waals surface area contributed by atoms with Crippen molar-refractivity contribution in [1.82, 2.24) is 10.6 Å². The summed E-state index contributed by atoms with van der Waals surface area (Å²) in [6, 6.07) is 2.78. The molecule has 0 saturated carbocycles. The monoisotopic (exact) mass is 289 g/mol. The highest BCUT2D eigenvalue weighted by atomic mass is 32.2. The molecule has 0 bridgehead atoms. The highest BCUT2D eigenvalue weighted by Crippen LogP contribution is 2.11. The molecule has 4 N–H and O–H groups in total. The molecule has 1 rings (SSSR count). The molecule has 0 unspecified atom stereocenters. The van der Waals surface area contributed by atoms with E-state index in [4.69, 9.17) is 9.56 Å². The SMILES string of the molecule is CC(C)CNC(=O)CNCc1ccc(S(N)(=O)=O)o1. The number of amides is 1. The van der Waals surface area contributed by atoms with Gasteiger partial charge in [0.25, 0.3) is 10.0 Å². The van der Waals surface area contributed by atoms with E-state index in [0.29, 0.717) is 18.2 Å². The van der Waals surface area contributed by atoms with Crippen LogP contribution < -0.4 is 15.8 Å². The van der Waals surface area contributed by atoms with Crippen LogP contribution in [0.15, 0.2) is 21.6 Å². The van der Waals surface area contributed by atoms with E-state index in [1.807, 2.05) is 13.8 Å². The van der Waals surface area contributed by atoms with Crippen molar-refractivity contribution in [3.05, 3.63) is 17.9 Å². The summed E-state index contributed by atoms with van der Waals surface area (Å²) in [5.74, 6) is 0.680. The van der Waals surface area contributed by atoms with Crippen molar-refractivity contribution in [3.63, 3.8) is 0 Å². The third-order valence-corrected chi connectivity index (χ3v) is 2.99. The Morgan fingerprint density at radius 2 is 2.11 bits per heavy atom. The van der Waals surface area contributed by atoms with E-state index in [0.717, 1.165) is 0 Å². The second-order valence-corrected chi connectivity index (χ2v) is 6.06. The Morgan fingerprint density at radius 3 is 2.63 bits per heavy atom. The number of carbonyl (C=O) groups excluding carboxylic acids is 1. The number of hydrogen-bond acceptors (Lipinski definition) is 5. The molecule has 7 nitrogen and oxygen atoms in total. The fourth-order valence-corrected chi connectivity index (χ4v) is 1.77. The van der Waals surface area contributed by atoms with Crippen molar-refractivity contribution in [2.45, 2.75) is 25.5 Å². The molecule has 0 aliphatic rings. The first kappa shape index (κ1) is 15.7. The zero-order valence-corrected chi connectivity index (χ0v) is 11.8. The van der Waals surface area contributed by atoms with Crippen molar-refractivity contribution in [2.75, 3.05) is 13.1 Å². The van der Waals surface area contributed by atoms with Gasteiger partial charge >= 0.3 is 0 Å². The maximum absolute atomic E-state index is 11.4. The van der Waals surface area contributed by atoms with E-state index >= 15 is 0 Å². The minimum Gasteiger partial charge on any atom is -0.447 e. The van der Waals surface area contributed by atoms with Crippen LogP contribution in [0.3, 0.4) is 0 Å². The fourth-order valence-electron chi connectivity index (χ4n) is 1.29. The number of carbonyl (C=O) groups is 1. The number of nitrogens with two attached hydrogens (primary N) is 1. The summed E-state index contributed by atoms with van der Waals surface area (Å²) in [6.07, 6.45) is 0. The van der Waals surface area contributed by atoms with Gasteiger partial charge in [-0.05, 0) is 18.1 Å². The maximum Gasteiger partial charge on any atom is 0.271 e. The Hall–Kier alpha value is -1.38. The summed E-state index contributed by atoms with van der Waals surface area (Å²) < 4.78 is 27.0. The lowest BCUT2D eigenvalue weighted by molar-refractivity contribution is -0.120. The molecule has 0 radical (unpaired) electrons. The molecule has 19 heavy (non-hydrogen) atoms. The Labute approximate surface area is 112 Å². The predicted molar refractivity (Wildman–Crippen MR) is 69.6 cm³/mol. The second-order valence-electron chi connectivity index (χ2n) is 4.57. The largest absolute Gasteiger partial charge is 0.447 e. The molecule has 0 aliphatic heterocycles. The van der Waals surface area contributed by atoms with E-state index in [1.165, 1.54) is 12.1 Å². The lowest BCUT2D eigenvalue weighted by Crippen LogP contribution is -2.35. The summed E-state index contributed by atoms with van der Waals surface area (Å²) in [7, 11) is -3.82. The first-order valence-corrected chi connectivity index (χ1v) is 7.42. The van der Waals surface area contributed by atoms with Gasteiger partial charge in [-0.2, -0.15) is 0 Å². The summed E-state index contributed by atoms with van der Waals surface area (Å²) in [6.45, 7) is 5.02. The van der Waals surface area contributed by atoms with Crippen molar-refractivity contribution in [3.8, 4) is 0 Å². The summed E-state index contributed by atoms with van der Waals surface area (Å²) in [5, 5.41) is 10.2. The average molecular weight is 289 g/mol. The number of furan rings is 1. The first-order valence-electron chi connectivity index (χ1n) is 5.88. The molecular formula is C11H19N3O4S. The standard InChI is InChI=1S/C11H19N3O4S/c1-8(2)5-14-10(15)7-13-6-9-3-4-11(18-9)19(12,16)17/h3-4,8,13H,5-7H2,1-2H3,(H,14,15)(H2,12,16,17). The number of rotatable bonds is 7. The molecule has 0 atom stereocenters. The molecule has 1 amide bonds. The van der Waals surface area contributed by atoms with Crippen LogP contribution >= 0.6 is 0 Å². The second kappa shape index (κ2) is 6.69. The van der Waals surface area contributed by atoms with Gasteiger partial charge in [-0.3, -0.25) is 4.79 Å². The zero-order chi connectivity index (χ0) is 14.5. The highest BCUT2D eigenvalue weighted by Gasteiger charge is 2.13. The normalized spacial score (nSPS) is 11.8. The molecular weight excluding hydrogens is 270 g/mol. The van der Waals surface area contributed by atoms with E-state index < -0.39 is 10.0 Å². The average Bonchev–Trinajstić information content (AvgIpc) is 2.74. The van der Waals surface area contributed by atoms with Gasteiger partial charge < -0.3 is 15.1 Å². The first-order chi connectivity index (χ1) is 8.79. The number of sulfonamides is 1. The summed E-state index contributed by atoms with van der Waals surface area (Å²) >= 11 is 0. The minimum absolute atomic E-state index is 0.119. The van der Waals surface area contributed by atoms with Gasteiger partial charge in [0.15, 0.2) is 0 Å². The van der Waals surface area contributed by atoms with E-state index in [9.17, 15) is 13.2 Å². The van der Waals surface area contributed by atoms with E-state index in [-0.39, 0.29) is 24.1 Å². The molecule has 1 aromatic heterocycles. The van der Waals surface area contributed by atoms with Crippen molar-refractivity contribution in [2.24, 2.45) is 11.1 Å². The van der Waals surface area contributed by atoms with E-state index in [1.54, 1.807) is 0 Å². The number of hydrogen-bond donors (Lipinski definition) is 3. The smallest absolute Gasteiger partial charge is 0.271 e. The Kier molecular flexibility index (Phi) is 5.52. The van der Waals surface area contributed by atoms with Crippen LogP contribution in [0.5, 0.6) is 0 Å². The van der Waals surface area contributed by atoms with Crippen LogP contribution in [0.25, 0.3) is 0 Å². The molecule has 1 aromatic rings. The van der Waals surface area contributed by atoms with Crippen molar-refractivity contribution >= 4 is 15.9 Å². The van der Waals surface area contributed by atoms with Gasteiger partial charge in [0.05, 0.1) is 13.1 Å². The van der Waals surface area contributed by atoms with Crippen LogP contribution in [0, 0.1) is 5.92 Å². The maximum atomic E-state index is 11.4. The molecule has 0 aliphatic carbocycles. The minimum atomic E-state index is -3.82. The van der Waals surface area contributed by atoms with Crippen molar-refractivity contribution < 1.29 is 17.6 Å². The lowest BCUT2D eigenvalue weighted by Gasteiger charge is -2.07.